The summed E-state index contributed by atoms with van der Waals surface area (Å²) in [6.07, 6.45) is 1.49. The number of carbonyl (C=O) groups is 1. The first-order chi connectivity index (χ1) is 18.1. The maximum Gasteiger partial charge on any atom is 0.307 e. The summed E-state index contributed by atoms with van der Waals surface area (Å²) < 4.78 is 18.6. The Kier molecular flexibility index (Phi) is 5.17. The Labute approximate surface area is 216 Å². The van der Waals surface area contributed by atoms with Crippen molar-refractivity contribution in [3.63, 3.8) is 0 Å². The van der Waals surface area contributed by atoms with E-state index in [0.717, 1.165) is 18.4 Å². The van der Waals surface area contributed by atoms with Gasteiger partial charge in [0.05, 0.1) is 6.42 Å². The van der Waals surface area contributed by atoms with Gasteiger partial charge in [0.2, 0.25) is 11.8 Å². The Morgan fingerprint density at radius 1 is 0.811 bits per heavy atom. The summed E-state index contributed by atoms with van der Waals surface area (Å²) in [5.41, 5.74) is 4.91. The van der Waals surface area contributed by atoms with Gasteiger partial charge in [-0.05, 0) is 34.7 Å². The number of aliphatic imine (C=N–C) groups is 2. The molecular formula is C31H28N2O4. The molecule has 0 spiro atoms. The molecule has 0 N–H and O–H groups in total. The Hall–Kier alpha value is -3.93. The standard InChI is InChI=1S/C31H28N2O4/c1-31(17-26(34)35-18-19-9-3-2-4-10-19,29-32-27-22-13-7-5-11-20(22)15-24(27)36-29)30-33-28-23-14-8-6-12-21(23)16-25(28)37-30/h2-14,24-25,27-28H,15-18H2,1H3/t24-,25-,27+,28+/m1/s1. The quantitative estimate of drug-likeness (QED) is 0.437. The van der Waals surface area contributed by atoms with E-state index in [9.17, 15) is 4.79 Å². The average molecular weight is 493 g/mol. The first-order valence-electron chi connectivity index (χ1n) is 12.9. The van der Waals surface area contributed by atoms with E-state index < -0.39 is 5.41 Å². The second kappa shape index (κ2) is 8.58. The molecule has 0 saturated heterocycles. The third-order valence-electron chi connectivity index (χ3n) is 8.02. The predicted octanol–water partition coefficient (Wildman–Crippen LogP) is 5.32. The normalized spacial score (nSPS) is 24.7. The molecule has 0 unspecified atom stereocenters. The second-order valence-corrected chi connectivity index (χ2v) is 10.5. The zero-order valence-electron chi connectivity index (χ0n) is 20.7. The van der Waals surface area contributed by atoms with Crippen LogP contribution in [-0.4, -0.2) is 30.0 Å². The van der Waals surface area contributed by atoms with E-state index in [1.54, 1.807) is 0 Å². The molecular weight excluding hydrogens is 464 g/mol. The molecule has 7 rings (SSSR count). The van der Waals surface area contributed by atoms with Crippen molar-refractivity contribution in [3.8, 4) is 0 Å². The SMILES string of the molecule is CC(CC(=O)OCc1ccccc1)(C1=N[C@H]2c3ccccc3C[C@H]2O1)C1=N[C@H]2c3ccccc3C[C@H]2O1. The maximum absolute atomic E-state index is 13.2. The number of ether oxygens (including phenoxy) is 3. The van der Waals surface area contributed by atoms with Gasteiger partial charge in [-0.15, -0.1) is 0 Å². The van der Waals surface area contributed by atoms with Crippen molar-refractivity contribution in [2.45, 2.75) is 57.1 Å². The van der Waals surface area contributed by atoms with Crippen molar-refractivity contribution in [3.05, 3.63) is 107 Å². The molecule has 0 fully saturated rings. The fourth-order valence-electron chi connectivity index (χ4n) is 6.06. The lowest BCUT2D eigenvalue weighted by Gasteiger charge is -2.28. The summed E-state index contributed by atoms with van der Waals surface area (Å²) in [6, 6.07) is 26.2. The Morgan fingerprint density at radius 2 is 1.32 bits per heavy atom. The minimum absolute atomic E-state index is 0.0413. The van der Waals surface area contributed by atoms with Crippen molar-refractivity contribution < 1.29 is 19.0 Å². The lowest BCUT2D eigenvalue weighted by molar-refractivity contribution is -0.146. The molecule has 2 aliphatic carbocycles. The Balaban J connectivity index is 1.20. The van der Waals surface area contributed by atoms with Crippen LogP contribution in [0.5, 0.6) is 0 Å². The largest absolute Gasteiger partial charge is 0.474 e. The molecule has 3 aromatic rings. The van der Waals surface area contributed by atoms with E-state index in [0.29, 0.717) is 11.8 Å². The zero-order chi connectivity index (χ0) is 25.0. The molecule has 0 amide bonds. The highest BCUT2D eigenvalue weighted by molar-refractivity contribution is 6.08. The number of nitrogens with zero attached hydrogens (tertiary/aromatic N) is 2. The van der Waals surface area contributed by atoms with E-state index in [2.05, 4.69) is 36.4 Å². The first-order valence-corrected chi connectivity index (χ1v) is 12.9. The van der Waals surface area contributed by atoms with Crippen LogP contribution in [0.1, 0.15) is 53.2 Å². The summed E-state index contributed by atoms with van der Waals surface area (Å²) in [6.45, 7) is 2.17. The molecule has 6 heteroatoms. The molecule has 3 aromatic carbocycles. The van der Waals surface area contributed by atoms with E-state index in [1.165, 1.54) is 22.3 Å². The van der Waals surface area contributed by atoms with Crippen molar-refractivity contribution in [1.82, 2.24) is 0 Å². The minimum Gasteiger partial charge on any atom is -0.474 e. The second-order valence-electron chi connectivity index (χ2n) is 10.5. The monoisotopic (exact) mass is 492 g/mol. The number of esters is 1. The summed E-state index contributed by atoms with van der Waals surface area (Å²) in [5.74, 6) is 0.695. The van der Waals surface area contributed by atoms with Crippen LogP contribution in [0.2, 0.25) is 0 Å². The van der Waals surface area contributed by atoms with Crippen molar-refractivity contribution in [1.29, 1.82) is 0 Å². The van der Waals surface area contributed by atoms with Gasteiger partial charge >= 0.3 is 5.97 Å². The minimum atomic E-state index is -0.952. The van der Waals surface area contributed by atoms with Gasteiger partial charge in [0.25, 0.3) is 0 Å². The van der Waals surface area contributed by atoms with E-state index in [-0.39, 0.29) is 43.3 Å². The molecule has 0 aromatic heterocycles. The average Bonchev–Trinajstić information content (AvgIpc) is 3.67. The number of hydrogen-bond donors (Lipinski definition) is 0. The highest BCUT2D eigenvalue weighted by Gasteiger charge is 2.53. The highest BCUT2D eigenvalue weighted by Crippen LogP contribution is 2.47. The Morgan fingerprint density at radius 3 is 1.89 bits per heavy atom. The lowest BCUT2D eigenvalue weighted by Crippen LogP contribution is -2.41. The molecule has 0 radical (unpaired) electrons. The molecule has 0 saturated carbocycles. The highest BCUT2D eigenvalue weighted by atomic mass is 16.5. The Bertz CT molecular complexity index is 1350. The van der Waals surface area contributed by atoms with E-state index in [1.807, 2.05) is 49.4 Å². The molecule has 4 aliphatic rings. The predicted molar refractivity (Wildman–Crippen MR) is 139 cm³/mol. The fraction of sp³-hybridized carbons (Fsp3) is 0.323. The van der Waals surface area contributed by atoms with E-state index >= 15 is 0 Å². The lowest BCUT2D eigenvalue weighted by atomic mass is 9.85. The smallest absolute Gasteiger partial charge is 0.307 e. The van der Waals surface area contributed by atoms with Crippen LogP contribution < -0.4 is 0 Å². The number of fused-ring (bicyclic) bond motifs is 6. The van der Waals surface area contributed by atoms with Crippen molar-refractivity contribution >= 4 is 17.8 Å². The van der Waals surface area contributed by atoms with Gasteiger partial charge in [0, 0.05) is 12.8 Å². The molecule has 2 aliphatic heterocycles. The van der Waals surface area contributed by atoms with Crippen LogP contribution in [0.4, 0.5) is 0 Å². The van der Waals surface area contributed by atoms with Crippen LogP contribution >= 0.6 is 0 Å². The number of rotatable bonds is 6. The van der Waals surface area contributed by atoms with Gasteiger partial charge in [-0.3, -0.25) is 4.79 Å². The zero-order valence-corrected chi connectivity index (χ0v) is 20.7. The van der Waals surface area contributed by atoms with Crippen molar-refractivity contribution in [2.75, 3.05) is 0 Å². The summed E-state index contributed by atoms with van der Waals surface area (Å²) in [4.78, 5) is 23.3. The van der Waals surface area contributed by atoms with Crippen LogP contribution in [-0.2, 0) is 38.5 Å². The fourth-order valence-corrected chi connectivity index (χ4v) is 6.06. The van der Waals surface area contributed by atoms with E-state index in [4.69, 9.17) is 24.2 Å². The molecule has 4 atom stereocenters. The van der Waals surface area contributed by atoms with Gasteiger partial charge in [-0.1, -0.05) is 78.9 Å². The number of hydrogen-bond acceptors (Lipinski definition) is 6. The third kappa shape index (κ3) is 3.74. The number of benzene rings is 3. The molecule has 186 valence electrons. The molecule has 2 heterocycles. The summed E-state index contributed by atoms with van der Waals surface area (Å²) in [7, 11) is 0. The van der Waals surface area contributed by atoms with Crippen LogP contribution in [0.3, 0.4) is 0 Å². The topological polar surface area (TPSA) is 69.5 Å². The van der Waals surface area contributed by atoms with Crippen LogP contribution in [0.15, 0.2) is 88.8 Å². The van der Waals surface area contributed by atoms with Gasteiger partial charge in [-0.25, -0.2) is 9.98 Å². The maximum atomic E-state index is 13.2. The van der Waals surface area contributed by atoms with Crippen LogP contribution in [0, 0.1) is 5.41 Å². The number of carbonyl (C=O) groups excluding carboxylic acids is 1. The summed E-state index contributed by atoms with van der Waals surface area (Å²) >= 11 is 0. The van der Waals surface area contributed by atoms with Gasteiger partial charge in [-0.2, -0.15) is 0 Å². The van der Waals surface area contributed by atoms with Gasteiger partial charge < -0.3 is 14.2 Å². The van der Waals surface area contributed by atoms with Crippen LogP contribution in [0.25, 0.3) is 0 Å². The van der Waals surface area contributed by atoms with Gasteiger partial charge in [0.15, 0.2) is 0 Å². The van der Waals surface area contributed by atoms with Crippen molar-refractivity contribution in [2.24, 2.45) is 15.4 Å². The first kappa shape index (κ1) is 22.3. The summed E-state index contributed by atoms with van der Waals surface area (Å²) in [5, 5.41) is 0. The third-order valence-corrected chi connectivity index (χ3v) is 8.02. The molecule has 37 heavy (non-hydrogen) atoms. The molecule has 6 nitrogen and oxygen atoms in total. The van der Waals surface area contributed by atoms with Gasteiger partial charge in [0.1, 0.15) is 36.3 Å². The molecule has 0 bridgehead atoms.